The fraction of sp³-hybridized carbons (Fsp3) is 0. The molecule has 1 rings (SSSR count). The summed E-state index contributed by atoms with van der Waals surface area (Å²) in [6, 6.07) is 2.12. The van der Waals surface area contributed by atoms with Gasteiger partial charge in [-0.1, -0.05) is 11.6 Å². The Morgan fingerprint density at radius 2 is 2.23 bits per heavy atom. The minimum atomic E-state index is -0.633. The van der Waals surface area contributed by atoms with Crippen molar-refractivity contribution < 1.29 is 10.0 Å². The average molecular weight is 204 g/mol. The van der Waals surface area contributed by atoms with E-state index in [1.54, 1.807) is 0 Å². The van der Waals surface area contributed by atoms with Gasteiger partial charge in [-0.15, -0.1) is 0 Å². The van der Waals surface area contributed by atoms with Gasteiger partial charge in [-0.05, 0) is 0 Å². The van der Waals surface area contributed by atoms with Crippen LogP contribution in [0.2, 0.25) is 5.02 Å². The lowest BCUT2D eigenvalue weighted by Gasteiger charge is -2.04. The van der Waals surface area contributed by atoms with Crippen LogP contribution >= 0.6 is 11.6 Å². The molecule has 1 aromatic rings. The summed E-state index contributed by atoms with van der Waals surface area (Å²) in [5, 5.41) is 19.4. The molecule has 6 nitrogen and oxygen atoms in total. The highest BCUT2D eigenvalue weighted by atomic mass is 35.5. The number of nitro benzene ring substituents is 1. The Balaban J connectivity index is 3.30. The van der Waals surface area contributed by atoms with Crippen LogP contribution in [0.15, 0.2) is 12.1 Å². The summed E-state index contributed by atoms with van der Waals surface area (Å²) in [6.07, 6.45) is 0. The van der Waals surface area contributed by atoms with E-state index >= 15 is 0 Å². The lowest BCUT2D eigenvalue weighted by molar-refractivity contribution is -0.384. The van der Waals surface area contributed by atoms with Gasteiger partial charge in [0.2, 0.25) is 0 Å². The first-order valence-electron chi connectivity index (χ1n) is 3.19. The Labute approximate surface area is 78.0 Å². The van der Waals surface area contributed by atoms with Gasteiger partial charge in [-0.25, -0.2) is 0 Å². The fourth-order valence-corrected chi connectivity index (χ4v) is 1.01. The second kappa shape index (κ2) is 3.46. The van der Waals surface area contributed by atoms with Gasteiger partial charge in [-0.2, -0.15) is 0 Å². The minimum Gasteiger partial charge on any atom is -0.504 e. The number of hydrogen-bond acceptors (Lipinski definition) is 5. The van der Waals surface area contributed by atoms with Gasteiger partial charge in [0.15, 0.2) is 5.75 Å². The van der Waals surface area contributed by atoms with E-state index in [0.29, 0.717) is 0 Å². The highest BCUT2D eigenvalue weighted by Gasteiger charge is 2.13. The molecular formula is C6H6ClN3O3. The van der Waals surface area contributed by atoms with E-state index in [4.69, 9.17) is 17.4 Å². The lowest BCUT2D eigenvalue weighted by atomic mass is 10.2. The number of benzene rings is 1. The number of nitrogens with one attached hydrogen (secondary N) is 1. The molecule has 13 heavy (non-hydrogen) atoms. The molecule has 0 radical (unpaired) electrons. The molecule has 0 spiro atoms. The first-order chi connectivity index (χ1) is 6.06. The highest BCUT2D eigenvalue weighted by Crippen LogP contribution is 2.35. The third-order valence-electron chi connectivity index (χ3n) is 1.41. The zero-order chi connectivity index (χ0) is 10.0. The Morgan fingerprint density at radius 3 is 2.69 bits per heavy atom. The molecule has 0 fully saturated rings. The molecule has 0 heterocycles. The van der Waals surface area contributed by atoms with Crippen LogP contribution in [-0.4, -0.2) is 10.0 Å². The van der Waals surface area contributed by atoms with E-state index in [0.717, 1.165) is 12.1 Å². The summed E-state index contributed by atoms with van der Waals surface area (Å²) in [6.45, 7) is 0. The number of anilines is 1. The number of non-ortho nitro benzene ring substituents is 1. The molecule has 70 valence electrons. The van der Waals surface area contributed by atoms with Gasteiger partial charge in [0.1, 0.15) is 0 Å². The van der Waals surface area contributed by atoms with E-state index in [9.17, 15) is 15.2 Å². The molecule has 0 aromatic heterocycles. The van der Waals surface area contributed by atoms with Crippen molar-refractivity contribution in [3.8, 4) is 5.75 Å². The molecule has 0 unspecified atom stereocenters. The van der Waals surface area contributed by atoms with Crippen molar-refractivity contribution in [1.29, 1.82) is 0 Å². The van der Waals surface area contributed by atoms with E-state index in [2.05, 4.69) is 5.43 Å². The molecule has 1 aromatic carbocycles. The van der Waals surface area contributed by atoms with Crippen molar-refractivity contribution in [2.45, 2.75) is 0 Å². The van der Waals surface area contributed by atoms with E-state index in [1.165, 1.54) is 0 Å². The Morgan fingerprint density at radius 1 is 1.62 bits per heavy atom. The number of nitrogens with two attached hydrogens (primary N) is 1. The summed E-state index contributed by atoms with van der Waals surface area (Å²) in [7, 11) is 0. The molecule has 0 atom stereocenters. The predicted molar refractivity (Wildman–Crippen MR) is 47.6 cm³/mol. The maximum atomic E-state index is 10.3. The first-order valence-corrected chi connectivity index (χ1v) is 3.57. The number of phenols is 1. The number of nitrogens with zero attached hydrogens (tertiary/aromatic N) is 1. The number of rotatable bonds is 2. The Hall–Kier alpha value is -1.53. The second-order valence-electron chi connectivity index (χ2n) is 2.23. The van der Waals surface area contributed by atoms with Gasteiger partial charge >= 0.3 is 0 Å². The molecule has 0 aliphatic rings. The summed E-state index contributed by atoms with van der Waals surface area (Å²) in [4.78, 5) is 9.70. The smallest absolute Gasteiger partial charge is 0.273 e. The number of aromatic hydroxyl groups is 1. The van der Waals surface area contributed by atoms with Gasteiger partial charge in [0.05, 0.1) is 15.6 Å². The van der Waals surface area contributed by atoms with Crippen LogP contribution in [0.4, 0.5) is 11.4 Å². The molecule has 7 heteroatoms. The van der Waals surface area contributed by atoms with E-state index in [-0.39, 0.29) is 22.1 Å². The van der Waals surface area contributed by atoms with Crippen molar-refractivity contribution in [2.24, 2.45) is 5.84 Å². The van der Waals surface area contributed by atoms with Crippen LogP contribution in [0.25, 0.3) is 0 Å². The molecule has 0 aliphatic heterocycles. The average Bonchev–Trinajstić information content (AvgIpc) is 2.09. The van der Waals surface area contributed by atoms with Crippen LogP contribution in [0.3, 0.4) is 0 Å². The number of phenolic OH excluding ortho intramolecular Hbond substituents is 1. The molecule has 0 aliphatic carbocycles. The molecule has 0 amide bonds. The second-order valence-corrected chi connectivity index (χ2v) is 2.63. The van der Waals surface area contributed by atoms with Crippen molar-refractivity contribution in [3.05, 3.63) is 27.3 Å². The Bertz CT molecular complexity index is 355. The standard InChI is InChI=1S/C6H6ClN3O3/c7-4-1-3(10(12)13)2-5(9-8)6(4)11/h1-2,9,11H,8H2. The Kier molecular flexibility index (Phi) is 2.54. The van der Waals surface area contributed by atoms with Crippen molar-refractivity contribution >= 4 is 23.0 Å². The van der Waals surface area contributed by atoms with Crippen LogP contribution < -0.4 is 11.3 Å². The number of nitrogen functional groups attached to an aromatic ring is 1. The normalized spacial score (nSPS) is 9.69. The number of nitro groups is 1. The minimum absolute atomic E-state index is 0.0131. The summed E-state index contributed by atoms with van der Waals surface area (Å²) >= 11 is 5.49. The van der Waals surface area contributed by atoms with Crippen LogP contribution in [0.5, 0.6) is 5.75 Å². The van der Waals surface area contributed by atoms with Gasteiger partial charge < -0.3 is 10.5 Å². The maximum absolute atomic E-state index is 10.3. The quantitative estimate of drug-likeness (QED) is 0.291. The van der Waals surface area contributed by atoms with E-state index < -0.39 is 4.92 Å². The fourth-order valence-electron chi connectivity index (χ4n) is 0.800. The highest BCUT2D eigenvalue weighted by molar-refractivity contribution is 6.32. The van der Waals surface area contributed by atoms with Gasteiger partial charge in [0.25, 0.3) is 5.69 Å². The molecule has 0 bridgehead atoms. The molecule has 4 N–H and O–H groups in total. The third-order valence-corrected chi connectivity index (χ3v) is 1.70. The SMILES string of the molecule is NNc1cc([N+](=O)[O-])cc(Cl)c1O. The molecule has 0 saturated heterocycles. The predicted octanol–water partition coefficient (Wildman–Crippen LogP) is 1.24. The van der Waals surface area contributed by atoms with Crippen LogP contribution in [-0.2, 0) is 0 Å². The van der Waals surface area contributed by atoms with Gasteiger partial charge in [0, 0.05) is 12.1 Å². The molecule has 0 saturated carbocycles. The topological polar surface area (TPSA) is 101 Å². The zero-order valence-corrected chi connectivity index (χ0v) is 7.08. The summed E-state index contributed by atoms with van der Waals surface area (Å²) in [5.74, 6) is 4.69. The number of halogens is 1. The first kappa shape index (κ1) is 9.56. The largest absolute Gasteiger partial charge is 0.504 e. The van der Waals surface area contributed by atoms with Crippen LogP contribution in [0, 0.1) is 10.1 Å². The van der Waals surface area contributed by atoms with Crippen molar-refractivity contribution in [2.75, 3.05) is 5.43 Å². The van der Waals surface area contributed by atoms with Crippen LogP contribution in [0.1, 0.15) is 0 Å². The van der Waals surface area contributed by atoms with Gasteiger partial charge in [-0.3, -0.25) is 16.0 Å². The lowest BCUT2D eigenvalue weighted by Crippen LogP contribution is -2.07. The zero-order valence-electron chi connectivity index (χ0n) is 6.32. The molecular weight excluding hydrogens is 198 g/mol. The monoisotopic (exact) mass is 203 g/mol. The third kappa shape index (κ3) is 1.79. The summed E-state index contributed by atoms with van der Waals surface area (Å²) < 4.78 is 0. The number of hydrazine groups is 1. The van der Waals surface area contributed by atoms with Crippen molar-refractivity contribution in [1.82, 2.24) is 0 Å². The number of hydrogen-bond donors (Lipinski definition) is 3. The van der Waals surface area contributed by atoms with Crippen molar-refractivity contribution in [3.63, 3.8) is 0 Å². The summed E-state index contributed by atoms with van der Waals surface area (Å²) in [5.41, 5.74) is 1.87. The maximum Gasteiger partial charge on any atom is 0.273 e. The van der Waals surface area contributed by atoms with E-state index in [1.807, 2.05) is 0 Å².